The van der Waals surface area contributed by atoms with E-state index in [0.29, 0.717) is 18.7 Å². The molecular formula is C12H16N4O3S. The molecule has 1 aromatic carbocycles. The Morgan fingerprint density at radius 3 is 2.65 bits per heavy atom. The van der Waals surface area contributed by atoms with Crippen molar-refractivity contribution in [1.82, 2.24) is 9.73 Å². The molecule has 1 aromatic rings. The quantitative estimate of drug-likeness (QED) is 0.772. The van der Waals surface area contributed by atoms with Gasteiger partial charge >= 0.3 is 0 Å². The third kappa shape index (κ3) is 2.74. The molecule has 0 fully saturated rings. The van der Waals surface area contributed by atoms with Crippen molar-refractivity contribution in [2.45, 2.75) is 18.2 Å². The van der Waals surface area contributed by atoms with E-state index in [4.69, 9.17) is 5.73 Å². The maximum atomic E-state index is 12.3. The zero-order valence-electron chi connectivity index (χ0n) is 11.0. The second kappa shape index (κ2) is 5.49. The Balaban J connectivity index is 2.24. The van der Waals surface area contributed by atoms with Crippen LogP contribution in [0, 0.1) is 0 Å². The van der Waals surface area contributed by atoms with E-state index >= 15 is 0 Å². The maximum absolute atomic E-state index is 12.3. The third-order valence-electron chi connectivity index (χ3n) is 2.83. The number of nitrogens with one attached hydrogen (secondary N) is 1. The normalized spacial score (nSPS) is 15.1. The number of sulfonamides is 1. The van der Waals surface area contributed by atoms with Crippen molar-refractivity contribution in [1.29, 1.82) is 0 Å². The minimum absolute atomic E-state index is 0.104. The van der Waals surface area contributed by atoms with Gasteiger partial charge in [-0.1, -0.05) is 0 Å². The highest BCUT2D eigenvalue weighted by Gasteiger charge is 2.30. The van der Waals surface area contributed by atoms with Crippen LogP contribution in [-0.2, 0) is 14.8 Å². The number of amides is 1. The first-order valence-corrected chi connectivity index (χ1v) is 7.63. The van der Waals surface area contributed by atoms with Gasteiger partial charge in [0, 0.05) is 18.7 Å². The van der Waals surface area contributed by atoms with Gasteiger partial charge < -0.3 is 11.1 Å². The summed E-state index contributed by atoms with van der Waals surface area (Å²) in [6, 6.07) is 5.86. The number of hydrogen-bond acceptors (Lipinski definition) is 5. The highest BCUT2D eigenvalue weighted by atomic mass is 32.2. The SMILES string of the molecule is CCNC(=O)C1=NN(S(=O)(=O)c2ccc(N)cc2)CC1. The largest absolute Gasteiger partial charge is 0.399 e. The molecule has 0 atom stereocenters. The number of hydrogen-bond donors (Lipinski definition) is 2. The van der Waals surface area contributed by atoms with Crippen LogP contribution in [0.1, 0.15) is 13.3 Å². The standard InChI is InChI=1S/C12H16N4O3S/c1-2-14-12(17)11-7-8-16(15-11)20(18,19)10-5-3-9(13)4-6-10/h3-6H,2,7-8,13H2,1H3,(H,14,17). The summed E-state index contributed by atoms with van der Waals surface area (Å²) in [6.07, 6.45) is 0.306. The molecule has 1 heterocycles. The van der Waals surface area contributed by atoms with E-state index < -0.39 is 10.0 Å². The van der Waals surface area contributed by atoms with Gasteiger partial charge in [0.15, 0.2) is 0 Å². The smallest absolute Gasteiger partial charge is 0.279 e. The van der Waals surface area contributed by atoms with Crippen LogP contribution >= 0.6 is 0 Å². The molecule has 8 heteroatoms. The zero-order valence-corrected chi connectivity index (χ0v) is 11.9. The van der Waals surface area contributed by atoms with Crippen molar-refractivity contribution in [2.75, 3.05) is 18.8 Å². The van der Waals surface area contributed by atoms with E-state index in [2.05, 4.69) is 10.4 Å². The Kier molecular flexibility index (Phi) is 3.93. The van der Waals surface area contributed by atoms with Crippen molar-refractivity contribution in [3.8, 4) is 0 Å². The fourth-order valence-corrected chi connectivity index (χ4v) is 3.05. The number of benzene rings is 1. The molecule has 0 radical (unpaired) electrons. The van der Waals surface area contributed by atoms with Gasteiger partial charge in [0.1, 0.15) is 5.71 Å². The van der Waals surface area contributed by atoms with Gasteiger partial charge in [-0.25, -0.2) is 0 Å². The van der Waals surface area contributed by atoms with Crippen LogP contribution in [0.2, 0.25) is 0 Å². The Labute approximate surface area is 117 Å². The molecule has 7 nitrogen and oxygen atoms in total. The molecule has 108 valence electrons. The molecule has 1 aliphatic rings. The predicted octanol–water partition coefficient (Wildman–Crippen LogP) is 0.155. The maximum Gasteiger partial charge on any atom is 0.279 e. The molecule has 0 saturated heterocycles. The first-order chi connectivity index (χ1) is 9.45. The van der Waals surface area contributed by atoms with Gasteiger partial charge in [0.25, 0.3) is 15.9 Å². The number of hydrazone groups is 1. The summed E-state index contributed by atoms with van der Waals surface area (Å²) < 4.78 is 25.6. The van der Waals surface area contributed by atoms with Crippen molar-refractivity contribution < 1.29 is 13.2 Å². The van der Waals surface area contributed by atoms with Crippen LogP contribution in [0.5, 0.6) is 0 Å². The molecule has 0 saturated carbocycles. The fraction of sp³-hybridized carbons (Fsp3) is 0.333. The average Bonchev–Trinajstić information content (AvgIpc) is 2.90. The molecule has 0 spiro atoms. The Morgan fingerprint density at radius 1 is 1.40 bits per heavy atom. The number of nitrogens with zero attached hydrogens (tertiary/aromatic N) is 2. The summed E-state index contributed by atoms with van der Waals surface area (Å²) in [6.45, 7) is 2.43. The number of rotatable bonds is 4. The van der Waals surface area contributed by atoms with E-state index in [9.17, 15) is 13.2 Å². The lowest BCUT2D eigenvalue weighted by Crippen LogP contribution is -2.29. The van der Waals surface area contributed by atoms with E-state index in [1.165, 1.54) is 24.3 Å². The second-order valence-corrected chi connectivity index (χ2v) is 6.12. The van der Waals surface area contributed by atoms with Crippen LogP contribution in [0.3, 0.4) is 0 Å². The van der Waals surface area contributed by atoms with Crippen molar-refractivity contribution >= 4 is 27.3 Å². The molecule has 20 heavy (non-hydrogen) atoms. The summed E-state index contributed by atoms with van der Waals surface area (Å²) in [7, 11) is -3.73. The zero-order chi connectivity index (χ0) is 14.8. The van der Waals surface area contributed by atoms with Crippen LogP contribution in [0.15, 0.2) is 34.3 Å². The number of anilines is 1. The average molecular weight is 296 g/mol. The van der Waals surface area contributed by atoms with Crippen LogP contribution in [0.25, 0.3) is 0 Å². The number of carbonyl (C=O) groups is 1. The lowest BCUT2D eigenvalue weighted by molar-refractivity contribution is -0.114. The fourth-order valence-electron chi connectivity index (χ4n) is 1.79. The van der Waals surface area contributed by atoms with Crippen LogP contribution in [0.4, 0.5) is 5.69 Å². The Hall–Kier alpha value is -2.09. The highest BCUT2D eigenvalue weighted by Crippen LogP contribution is 2.21. The molecule has 0 unspecified atom stereocenters. The highest BCUT2D eigenvalue weighted by molar-refractivity contribution is 7.89. The van der Waals surface area contributed by atoms with Crippen molar-refractivity contribution in [2.24, 2.45) is 5.10 Å². The molecule has 1 amide bonds. The summed E-state index contributed by atoms with van der Waals surface area (Å²) in [5, 5.41) is 6.49. The van der Waals surface area contributed by atoms with E-state index in [1.54, 1.807) is 6.92 Å². The lowest BCUT2D eigenvalue weighted by atomic mass is 10.3. The summed E-state index contributed by atoms with van der Waals surface area (Å²) >= 11 is 0. The van der Waals surface area contributed by atoms with Gasteiger partial charge in [0.05, 0.1) is 11.4 Å². The first kappa shape index (κ1) is 14.3. The molecular weight excluding hydrogens is 280 g/mol. The number of nitrogens with two attached hydrogens (primary N) is 1. The summed E-state index contributed by atoms with van der Waals surface area (Å²) in [5.74, 6) is -0.331. The van der Waals surface area contributed by atoms with Gasteiger partial charge in [-0.2, -0.15) is 17.9 Å². The molecule has 2 rings (SSSR count). The predicted molar refractivity (Wildman–Crippen MR) is 75.5 cm³/mol. The van der Waals surface area contributed by atoms with Crippen LogP contribution < -0.4 is 11.1 Å². The van der Waals surface area contributed by atoms with E-state index in [0.717, 1.165) is 4.41 Å². The topological polar surface area (TPSA) is 105 Å². The van der Waals surface area contributed by atoms with Crippen LogP contribution in [-0.4, -0.2) is 37.5 Å². The van der Waals surface area contributed by atoms with Gasteiger partial charge in [-0.15, -0.1) is 0 Å². The number of nitrogen functional groups attached to an aromatic ring is 1. The van der Waals surface area contributed by atoms with Crippen molar-refractivity contribution in [3.63, 3.8) is 0 Å². The van der Waals surface area contributed by atoms with Gasteiger partial charge in [-0.05, 0) is 31.2 Å². The summed E-state index contributed by atoms with van der Waals surface area (Å²) in [5.41, 5.74) is 6.24. The molecule has 0 aliphatic carbocycles. The molecule has 1 aliphatic heterocycles. The molecule has 0 aromatic heterocycles. The van der Waals surface area contributed by atoms with Crippen molar-refractivity contribution in [3.05, 3.63) is 24.3 Å². The van der Waals surface area contributed by atoms with E-state index in [1.807, 2.05) is 0 Å². The summed E-state index contributed by atoms with van der Waals surface area (Å²) in [4.78, 5) is 11.7. The Bertz CT molecular complexity index is 637. The van der Waals surface area contributed by atoms with E-state index in [-0.39, 0.29) is 23.1 Å². The minimum atomic E-state index is -3.73. The molecule has 3 N–H and O–H groups in total. The second-order valence-electron chi connectivity index (χ2n) is 4.28. The monoisotopic (exact) mass is 296 g/mol. The third-order valence-corrected chi connectivity index (χ3v) is 4.51. The minimum Gasteiger partial charge on any atom is -0.399 e. The molecule has 0 bridgehead atoms. The lowest BCUT2D eigenvalue weighted by Gasteiger charge is -2.13. The first-order valence-electron chi connectivity index (χ1n) is 6.19. The van der Waals surface area contributed by atoms with Gasteiger partial charge in [0.2, 0.25) is 0 Å². The number of carbonyl (C=O) groups excluding carboxylic acids is 1. The Morgan fingerprint density at radius 2 is 2.05 bits per heavy atom. The van der Waals surface area contributed by atoms with Gasteiger partial charge in [-0.3, -0.25) is 4.79 Å².